The summed E-state index contributed by atoms with van der Waals surface area (Å²) in [5, 5.41) is 6.08. The van der Waals surface area contributed by atoms with E-state index in [2.05, 4.69) is 187 Å². The fourth-order valence-electron chi connectivity index (χ4n) is 7.49. The molecule has 10 rings (SSSR count). The Bertz CT molecular complexity index is 2640. The van der Waals surface area contributed by atoms with Gasteiger partial charge in [-0.05, 0) is 63.4 Å². The molecule has 234 valence electrons. The summed E-state index contributed by atoms with van der Waals surface area (Å²) in [7, 11) is 0. The van der Waals surface area contributed by atoms with E-state index in [-0.39, 0.29) is 0 Å². The van der Waals surface area contributed by atoms with Gasteiger partial charge in [-0.2, -0.15) is 0 Å². The third kappa shape index (κ3) is 4.67. The van der Waals surface area contributed by atoms with Crippen molar-refractivity contribution >= 4 is 49.9 Å². The van der Waals surface area contributed by atoms with E-state index in [0.717, 1.165) is 27.8 Å². The lowest BCUT2D eigenvalue weighted by atomic mass is 9.94. The molecule has 0 atom stereocenters. The molecule has 1 heterocycles. The molecule has 9 aromatic rings. The van der Waals surface area contributed by atoms with Crippen molar-refractivity contribution in [2.24, 2.45) is 0 Å². The van der Waals surface area contributed by atoms with Gasteiger partial charge in [-0.25, -0.2) is 4.98 Å². The SMILES string of the molecule is c1ccc(-c2ccc(N(c3ccc(-c4ccc5c6c(cccc46)-c4nc(-c6ccccc6)sc4-5)cc3)c3cccc4ccccc34)cc2)cc1. The fourth-order valence-corrected chi connectivity index (χ4v) is 8.61. The lowest BCUT2D eigenvalue weighted by molar-refractivity contribution is 1.30. The summed E-state index contributed by atoms with van der Waals surface area (Å²) in [6.07, 6.45) is 0. The summed E-state index contributed by atoms with van der Waals surface area (Å²) in [6.45, 7) is 0. The van der Waals surface area contributed by atoms with Gasteiger partial charge in [0.05, 0.1) is 16.3 Å². The van der Waals surface area contributed by atoms with Crippen LogP contribution in [0.5, 0.6) is 0 Å². The maximum atomic E-state index is 5.15. The van der Waals surface area contributed by atoms with Crippen molar-refractivity contribution in [3.8, 4) is 54.5 Å². The number of anilines is 3. The second-order valence-corrected chi connectivity index (χ2v) is 13.7. The third-order valence-electron chi connectivity index (χ3n) is 9.86. The predicted molar refractivity (Wildman–Crippen MR) is 213 cm³/mol. The molecular weight excluding hydrogens is 625 g/mol. The molecular formula is C47H30N2S. The van der Waals surface area contributed by atoms with Crippen molar-refractivity contribution < 1.29 is 0 Å². The van der Waals surface area contributed by atoms with Crippen molar-refractivity contribution in [1.29, 1.82) is 0 Å². The number of benzene rings is 8. The number of hydrogen-bond acceptors (Lipinski definition) is 3. The highest BCUT2D eigenvalue weighted by Gasteiger charge is 2.27. The Hall–Kier alpha value is -6.29. The topological polar surface area (TPSA) is 16.1 Å². The van der Waals surface area contributed by atoms with E-state index in [1.54, 1.807) is 11.3 Å². The lowest BCUT2D eigenvalue weighted by Crippen LogP contribution is -2.10. The van der Waals surface area contributed by atoms with Crippen molar-refractivity contribution in [2.45, 2.75) is 0 Å². The summed E-state index contributed by atoms with van der Waals surface area (Å²) in [6, 6.07) is 65.5. The highest BCUT2D eigenvalue weighted by atomic mass is 32.1. The zero-order valence-corrected chi connectivity index (χ0v) is 27.9. The van der Waals surface area contributed by atoms with Gasteiger partial charge >= 0.3 is 0 Å². The summed E-state index contributed by atoms with van der Waals surface area (Å²) < 4.78 is 0. The van der Waals surface area contributed by atoms with Crippen LogP contribution in [0.25, 0.3) is 76.1 Å². The Morgan fingerprint density at radius 2 is 0.980 bits per heavy atom. The van der Waals surface area contributed by atoms with Crippen LogP contribution in [-0.2, 0) is 0 Å². The molecule has 2 nitrogen and oxygen atoms in total. The molecule has 8 aromatic carbocycles. The molecule has 0 aliphatic heterocycles. The molecule has 0 radical (unpaired) electrons. The minimum atomic E-state index is 1.07. The second-order valence-electron chi connectivity index (χ2n) is 12.7. The zero-order chi connectivity index (χ0) is 33.0. The van der Waals surface area contributed by atoms with Crippen LogP contribution in [-0.4, -0.2) is 4.98 Å². The van der Waals surface area contributed by atoms with Gasteiger partial charge < -0.3 is 4.90 Å². The molecule has 0 spiro atoms. The van der Waals surface area contributed by atoms with Gasteiger partial charge in [0.1, 0.15) is 5.01 Å². The van der Waals surface area contributed by atoms with Gasteiger partial charge in [-0.1, -0.05) is 152 Å². The Labute approximate surface area is 295 Å². The van der Waals surface area contributed by atoms with Crippen molar-refractivity contribution in [2.75, 3.05) is 4.90 Å². The minimum absolute atomic E-state index is 1.07. The van der Waals surface area contributed by atoms with Crippen LogP contribution in [0, 0.1) is 0 Å². The van der Waals surface area contributed by atoms with Crippen molar-refractivity contribution in [3.63, 3.8) is 0 Å². The van der Waals surface area contributed by atoms with E-state index in [4.69, 9.17) is 4.98 Å². The molecule has 1 aliphatic carbocycles. The Morgan fingerprint density at radius 1 is 0.400 bits per heavy atom. The number of thiazole rings is 1. The third-order valence-corrected chi connectivity index (χ3v) is 11.0. The van der Waals surface area contributed by atoms with Crippen LogP contribution in [0.2, 0.25) is 0 Å². The Balaban J connectivity index is 1.06. The first-order valence-corrected chi connectivity index (χ1v) is 17.8. The van der Waals surface area contributed by atoms with E-state index in [0.29, 0.717) is 0 Å². The first kappa shape index (κ1) is 28.7. The smallest absolute Gasteiger partial charge is 0.124 e. The molecule has 3 heteroatoms. The highest BCUT2D eigenvalue weighted by Crippen LogP contribution is 2.53. The average molecular weight is 655 g/mol. The number of nitrogens with zero attached hydrogens (tertiary/aromatic N) is 2. The molecule has 0 amide bonds. The molecule has 0 unspecified atom stereocenters. The number of hydrogen-bond donors (Lipinski definition) is 0. The summed E-state index contributed by atoms with van der Waals surface area (Å²) >= 11 is 1.79. The second kappa shape index (κ2) is 11.7. The van der Waals surface area contributed by atoms with E-state index < -0.39 is 0 Å². The highest BCUT2D eigenvalue weighted by molar-refractivity contribution is 7.19. The van der Waals surface area contributed by atoms with Gasteiger partial charge in [-0.15, -0.1) is 11.3 Å². The van der Waals surface area contributed by atoms with E-state index >= 15 is 0 Å². The summed E-state index contributed by atoms with van der Waals surface area (Å²) in [5.74, 6) is 0. The first-order chi connectivity index (χ1) is 24.8. The Morgan fingerprint density at radius 3 is 1.74 bits per heavy atom. The first-order valence-electron chi connectivity index (χ1n) is 17.0. The van der Waals surface area contributed by atoms with Crippen LogP contribution < -0.4 is 4.90 Å². The fraction of sp³-hybridized carbons (Fsp3) is 0. The Kier molecular flexibility index (Phi) is 6.71. The standard InChI is InChI=1S/C47H30N2S/c1-3-11-31(12-4-1)32-21-25-36(26-22-32)49(43-20-9-16-33-13-7-8-17-39(33)43)37-27-23-34(24-28-37)38-29-30-42-44-40(38)18-10-19-41(44)45-46(42)50-47(48-45)35-14-5-2-6-15-35/h1-30H. The number of fused-ring (bicyclic) bond motifs is 4. The minimum Gasteiger partial charge on any atom is -0.310 e. The molecule has 0 saturated carbocycles. The van der Waals surface area contributed by atoms with Crippen molar-refractivity contribution in [3.05, 3.63) is 182 Å². The van der Waals surface area contributed by atoms with Crippen LogP contribution >= 0.6 is 11.3 Å². The molecule has 0 N–H and O–H groups in total. The zero-order valence-electron chi connectivity index (χ0n) is 27.1. The van der Waals surface area contributed by atoms with Crippen LogP contribution in [0.3, 0.4) is 0 Å². The van der Waals surface area contributed by atoms with E-state index in [9.17, 15) is 0 Å². The monoisotopic (exact) mass is 654 g/mol. The van der Waals surface area contributed by atoms with Crippen LogP contribution in [0.4, 0.5) is 17.1 Å². The van der Waals surface area contributed by atoms with Crippen molar-refractivity contribution in [1.82, 2.24) is 4.98 Å². The molecule has 1 aromatic heterocycles. The van der Waals surface area contributed by atoms with Crippen LogP contribution in [0.15, 0.2) is 182 Å². The summed E-state index contributed by atoms with van der Waals surface area (Å²) in [5.41, 5.74) is 13.0. The maximum absolute atomic E-state index is 5.15. The largest absolute Gasteiger partial charge is 0.310 e. The number of rotatable bonds is 6. The van der Waals surface area contributed by atoms with Gasteiger partial charge in [0.2, 0.25) is 0 Å². The molecule has 0 bridgehead atoms. The average Bonchev–Trinajstić information content (AvgIpc) is 3.76. The normalized spacial score (nSPS) is 11.6. The molecule has 0 fully saturated rings. The van der Waals surface area contributed by atoms with E-state index in [1.807, 2.05) is 0 Å². The van der Waals surface area contributed by atoms with Gasteiger partial charge in [-0.3, -0.25) is 0 Å². The maximum Gasteiger partial charge on any atom is 0.124 e. The summed E-state index contributed by atoms with van der Waals surface area (Å²) in [4.78, 5) is 8.79. The van der Waals surface area contributed by atoms with Gasteiger partial charge in [0.15, 0.2) is 0 Å². The quantitative estimate of drug-likeness (QED) is 0.177. The predicted octanol–water partition coefficient (Wildman–Crippen LogP) is 13.6. The van der Waals surface area contributed by atoms with E-state index in [1.165, 1.54) is 65.4 Å². The number of aromatic nitrogens is 1. The molecule has 50 heavy (non-hydrogen) atoms. The molecule has 0 saturated heterocycles. The van der Waals surface area contributed by atoms with Gasteiger partial charge in [0, 0.05) is 38.8 Å². The van der Waals surface area contributed by atoms with Gasteiger partial charge in [0.25, 0.3) is 0 Å². The van der Waals surface area contributed by atoms with Crippen LogP contribution in [0.1, 0.15) is 0 Å². The lowest BCUT2D eigenvalue weighted by Gasteiger charge is -2.27. The molecule has 1 aliphatic rings.